The Morgan fingerprint density at radius 1 is 1.36 bits per heavy atom. The van der Waals surface area contributed by atoms with E-state index in [4.69, 9.17) is 5.11 Å². The molecule has 3 aromatic heterocycles. The van der Waals surface area contributed by atoms with Crippen LogP contribution in [0.5, 0.6) is 0 Å². The number of hydrogen-bond donors (Lipinski definition) is 3. The lowest BCUT2D eigenvalue weighted by Gasteiger charge is -2.17. The number of hydrogen-bond acceptors (Lipinski definition) is 7. The summed E-state index contributed by atoms with van der Waals surface area (Å²) >= 11 is 1.39. The summed E-state index contributed by atoms with van der Waals surface area (Å²) in [6.45, 7) is 1.95. The smallest absolute Gasteiger partial charge is 0.325 e. The lowest BCUT2D eigenvalue weighted by Crippen LogP contribution is -2.22. The Balaban J connectivity index is 1.74. The van der Waals surface area contributed by atoms with Gasteiger partial charge in [-0.2, -0.15) is 0 Å². The topological polar surface area (TPSA) is 115 Å². The third kappa shape index (κ3) is 2.96. The molecule has 1 unspecified atom stereocenters. The van der Waals surface area contributed by atoms with Gasteiger partial charge in [-0.1, -0.05) is 0 Å². The van der Waals surface area contributed by atoms with Gasteiger partial charge >= 0.3 is 5.69 Å². The summed E-state index contributed by atoms with van der Waals surface area (Å²) in [5.74, 6) is 1.32. The molecule has 1 aliphatic rings. The number of nitrogens with zero attached hydrogens (tertiary/aromatic N) is 3. The third-order valence-electron chi connectivity index (χ3n) is 4.52. The van der Waals surface area contributed by atoms with Gasteiger partial charge < -0.3 is 15.0 Å². The van der Waals surface area contributed by atoms with Crippen molar-refractivity contribution < 1.29 is 5.11 Å². The van der Waals surface area contributed by atoms with E-state index in [1.54, 1.807) is 0 Å². The summed E-state index contributed by atoms with van der Waals surface area (Å²) < 4.78 is 0. The van der Waals surface area contributed by atoms with Crippen LogP contribution in [0.25, 0.3) is 20.7 Å². The monoisotopic (exact) mass is 359 g/mol. The first-order valence-corrected chi connectivity index (χ1v) is 8.90. The molecule has 3 N–H and O–H groups in total. The van der Waals surface area contributed by atoms with Crippen molar-refractivity contribution in [1.29, 1.82) is 0 Å². The molecular formula is C16H17N5O3S. The highest BCUT2D eigenvalue weighted by Crippen LogP contribution is 2.36. The second kappa shape index (κ2) is 6.41. The Kier molecular flexibility index (Phi) is 4.10. The maximum absolute atomic E-state index is 12.0. The van der Waals surface area contributed by atoms with E-state index in [1.807, 2.05) is 6.07 Å². The van der Waals surface area contributed by atoms with Gasteiger partial charge in [-0.15, -0.1) is 11.3 Å². The molecular weight excluding hydrogens is 342 g/mol. The maximum atomic E-state index is 12.0. The van der Waals surface area contributed by atoms with E-state index in [-0.39, 0.29) is 6.61 Å². The Bertz CT molecular complexity index is 1020. The van der Waals surface area contributed by atoms with Gasteiger partial charge in [-0.05, 0) is 24.8 Å². The van der Waals surface area contributed by atoms with Gasteiger partial charge in [0.1, 0.15) is 17.0 Å². The summed E-state index contributed by atoms with van der Waals surface area (Å²) in [5.41, 5.74) is -0.538. The number of thiophene rings is 1. The van der Waals surface area contributed by atoms with E-state index in [0.717, 1.165) is 46.8 Å². The number of nitrogens with one attached hydrogen (secondary N) is 2. The molecule has 4 rings (SSSR count). The number of aromatic amines is 2. The highest BCUT2D eigenvalue weighted by molar-refractivity contribution is 7.21. The molecule has 0 aliphatic carbocycles. The number of aromatic nitrogens is 4. The summed E-state index contributed by atoms with van der Waals surface area (Å²) in [6, 6.07) is 1.90. The van der Waals surface area contributed by atoms with Crippen molar-refractivity contribution in [3.63, 3.8) is 0 Å². The van der Waals surface area contributed by atoms with Gasteiger partial charge in [0.25, 0.3) is 5.56 Å². The molecule has 0 aromatic carbocycles. The van der Waals surface area contributed by atoms with Crippen molar-refractivity contribution in [2.24, 2.45) is 5.92 Å². The summed E-state index contributed by atoms with van der Waals surface area (Å²) in [5, 5.41) is 10.0. The zero-order valence-corrected chi connectivity index (χ0v) is 14.2. The molecule has 8 nitrogen and oxygen atoms in total. The number of fused-ring (bicyclic) bond motifs is 1. The molecule has 9 heteroatoms. The Hall–Kier alpha value is -2.52. The lowest BCUT2D eigenvalue weighted by atomic mass is 10.1. The highest BCUT2D eigenvalue weighted by atomic mass is 32.1. The molecule has 1 aliphatic heterocycles. The van der Waals surface area contributed by atoms with Gasteiger partial charge in [0.15, 0.2) is 0 Å². The maximum Gasteiger partial charge on any atom is 0.325 e. The van der Waals surface area contributed by atoms with Crippen molar-refractivity contribution in [3.05, 3.63) is 39.4 Å². The van der Waals surface area contributed by atoms with Gasteiger partial charge in [-0.25, -0.2) is 14.8 Å². The predicted molar refractivity (Wildman–Crippen MR) is 96.1 cm³/mol. The van der Waals surface area contributed by atoms with E-state index < -0.39 is 11.2 Å². The standard InChI is InChI=1S/C16H17N5O3S/c22-4-2-9-1-3-21(7-9)13-10-5-12(25-15(10)19-8-18-13)11-6-17-16(24)20-14(11)23/h5-6,8-9,22H,1-4,7H2,(H2,17,20,23,24). The SMILES string of the molecule is O=c1[nH]cc(-c2cc3c(N4CCC(CCO)C4)ncnc3s2)c(=O)[nH]1. The number of H-pyrrole nitrogens is 2. The fourth-order valence-electron chi connectivity index (χ4n) is 3.26. The minimum atomic E-state index is -0.526. The molecule has 1 atom stereocenters. The van der Waals surface area contributed by atoms with Crippen LogP contribution in [-0.4, -0.2) is 44.7 Å². The van der Waals surface area contributed by atoms with Crippen LogP contribution in [0.4, 0.5) is 5.82 Å². The van der Waals surface area contributed by atoms with Crippen LogP contribution in [0, 0.1) is 5.92 Å². The molecule has 0 saturated carbocycles. The van der Waals surface area contributed by atoms with Crippen LogP contribution in [0.15, 0.2) is 28.2 Å². The first kappa shape index (κ1) is 16.0. The molecule has 1 fully saturated rings. The van der Waals surface area contributed by atoms with Crippen LogP contribution < -0.4 is 16.1 Å². The first-order valence-electron chi connectivity index (χ1n) is 8.08. The minimum absolute atomic E-state index is 0.204. The van der Waals surface area contributed by atoms with Gasteiger partial charge in [0, 0.05) is 30.8 Å². The van der Waals surface area contributed by atoms with Crippen LogP contribution in [0.2, 0.25) is 0 Å². The Morgan fingerprint density at radius 2 is 2.24 bits per heavy atom. The van der Waals surface area contributed by atoms with Crippen molar-refractivity contribution in [1.82, 2.24) is 19.9 Å². The molecule has 0 spiro atoms. The largest absolute Gasteiger partial charge is 0.396 e. The second-order valence-electron chi connectivity index (χ2n) is 6.13. The molecule has 1 saturated heterocycles. The first-order chi connectivity index (χ1) is 12.2. The molecule has 0 bridgehead atoms. The average Bonchev–Trinajstić information content (AvgIpc) is 3.21. The molecule has 3 aromatic rings. The van der Waals surface area contributed by atoms with E-state index >= 15 is 0 Å². The zero-order valence-electron chi connectivity index (χ0n) is 13.4. The van der Waals surface area contributed by atoms with Crippen molar-refractivity contribution in [3.8, 4) is 10.4 Å². The molecule has 25 heavy (non-hydrogen) atoms. The van der Waals surface area contributed by atoms with Crippen LogP contribution in [-0.2, 0) is 0 Å². The highest BCUT2D eigenvalue weighted by Gasteiger charge is 2.25. The quantitative estimate of drug-likeness (QED) is 0.639. The fraction of sp³-hybridized carbons (Fsp3) is 0.375. The molecule has 4 heterocycles. The van der Waals surface area contributed by atoms with Crippen molar-refractivity contribution in [2.45, 2.75) is 12.8 Å². The molecule has 130 valence electrons. The number of aliphatic hydroxyl groups is 1. The summed E-state index contributed by atoms with van der Waals surface area (Å²) in [7, 11) is 0. The average molecular weight is 359 g/mol. The van der Waals surface area contributed by atoms with E-state index in [0.29, 0.717) is 11.5 Å². The van der Waals surface area contributed by atoms with Gasteiger partial charge in [-0.3, -0.25) is 9.78 Å². The van der Waals surface area contributed by atoms with Gasteiger partial charge in [0.2, 0.25) is 0 Å². The van der Waals surface area contributed by atoms with Crippen molar-refractivity contribution in [2.75, 3.05) is 24.6 Å². The normalized spacial score (nSPS) is 17.5. The van der Waals surface area contributed by atoms with E-state index in [2.05, 4.69) is 24.8 Å². The molecule has 0 amide bonds. The summed E-state index contributed by atoms with van der Waals surface area (Å²) in [6.07, 6.45) is 4.79. The third-order valence-corrected chi connectivity index (χ3v) is 5.59. The lowest BCUT2D eigenvalue weighted by molar-refractivity contribution is 0.263. The minimum Gasteiger partial charge on any atom is -0.396 e. The predicted octanol–water partition coefficient (Wildman–Crippen LogP) is 0.944. The van der Waals surface area contributed by atoms with Gasteiger partial charge in [0.05, 0.1) is 10.9 Å². The van der Waals surface area contributed by atoms with E-state index in [1.165, 1.54) is 23.9 Å². The number of aliphatic hydroxyl groups excluding tert-OH is 1. The summed E-state index contributed by atoms with van der Waals surface area (Å²) in [4.78, 5) is 40.5. The Labute approximate surface area is 146 Å². The van der Waals surface area contributed by atoms with Crippen molar-refractivity contribution >= 4 is 27.4 Å². The number of anilines is 1. The fourth-order valence-corrected chi connectivity index (χ4v) is 4.27. The van der Waals surface area contributed by atoms with E-state index in [9.17, 15) is 9.59 Å². The molecule has 0 radical (unpaired) electrons. The number of rotatable bonds is 4. The Morgan fingerprint density at radius 3 is 3.04 bits per heavy atom. The zero-order chi connectivity index (χ0) is 17.4. The van der Waals surface area contributed by atoms with Crippen LogP contribution in [0.1, 0.15) is 12.8 Å². The van der Waals surface area contributed by atoms with Crippen LogP contribution >= 0.6 is 11.3 Å². The van der Waals surface area contributed by atoms with Crippen LogP contribution in [0.3, 0.4) is 0 Å². The second-order valence-corrected chi connectivity index (χ2v) is 7.16.